The highest BCUT2D eigenvalue weighted by molar-refractivity contribution is 6.33. The third kappa shape index (κ3) is 5.38. The number of aromatic nitrogens is 3. The highest BCUT2D eigenvalue weighted by Gasteiger charge is 2.18. The van der Waals surface area contributed by atoms with Gasteiger partial charge in [0.2, 0.25) is 0 Å². The minimum absolute atomic E-state index is 0.216. The molecule has 0 saturated carbocycles. The Kier molecular flexibility index (Phi) is 7.45. The molecule has 174 valence electrons. The first-order chi connectivity index (χ1) is 16.6. The van der Waals surface area contributed by atoms with E-state index in [0.717, 1.165) is 43.6 Å². The summed E-state index contributed by atoms with van der Waals surface area (Å²) in [4.78, 5) is 12.3. The number of nitrogens with zero attached hydrogens (tertiary/aromatic N) is 4. The summed E-state index contributed by atoms with van der Waals surface area (Å²) in [7, 11) is 1.52. The van der Waals surface area contributed by atoms with Gasteiger partial charge in [0.05, 0.1) is 23.4 Å². The molecule has 2 heterocycles. The molecule has 0 aliphatic carbocycles. The minimum Gasteiger partial charge on any atom is -0.493 e. The van der Waals surface area contributed by atoms with Gasteiger partial charge in [0.15, 0.2) is 23.9 Å². The summed E-state index contributed by atoms with van der Waals surface area (Å²) < 4.78 is 13.1. The molecule has 1 aliphatic heterocycles. The largest absolute Gasteiger partial charge is 0.493 e. The predicted octanol–water partition coefficient (Wildman–Crippen LogP) is 4.75. The fraction of sp³-hybridized carbons (Fsp3) is 0.280. The number of carbonyl (C=O) groups excluding carboxylic acids is 1. The van der Waals surface area contributed by atoms with Crippen molar-refractivity contribution in [1.82, 2.24) is 14.8 Å². The van der Waals surface area contributed by atoms with Crippen molar-refractivity contribution in [3.05, 3.63) is 64.7 Å². The van der Waals surface area contributed by atoms with Crippen LogP contribution in [0.2, 0.25) is 5.02 Å². The van der Waals surface area contributed by atoms with Gasteiger partial charge in [-0.25, -0.2) is 0 Å². The van der Waals surface area contributed by atoms with Gasteiger partial charge in [-0.1, -0.05) is 36.2 Å². The third-order valence-corrected chi connectivity index (χ3v) is 5.81. The van der Waals surface area contributed by atoms with Gasteiger partial charge in [0, 0.05) is 13.0 Å². The molecular weight excluding hydrogens is 454 g/mol. The quantitative estimate of drug-likeness (QED) is 0.493. The summed E-state index contributed by atoms with van der Waals surface area (Å²) >= 11 is 6.07. The summed E-state index contributed by atoms with van der Waals surface area (Å²) in [5.41, 5.74) is 1.68. The first-order valence-electron chi connectivity index (χ1n) is 11.0. The molecule has 0 fully saturated rings. The van der Waals surface area contributed by atoms with E-state index in [4.69, 9.17) is 21.1 Å². The van der Waals surface area contributed by atoms with E-state index >= 15 is 0 Å². The number of allylic oxidation sites excluding steroid dienone is 1. The molecule has 0 bridgehead atoms. The standard InChI is InChI=1S/C25H24ClN5O3/c1-33-22-14-17(13-18(15-27)25-30-29-23-9-3-2-6-12-31(23)25)10-11-21(22)34-16-24(32)28-20-8-5-4-7-19(20)26/h4-5,7-8,10-11,13-14H,2-3,6,9,12,16H2,1H3,(H,28,32)/b18-13+. The van der Waals surface area contributed by atoms with Crippen molar-refractivity contribution in [3.8, 4) is 17.6 Å². The van der Waals surface area contributed by atoms with Gasteiger partial charge < -0.3 is 19.4 Å². The highest BCUT2D eigenvalue weighted by Crippen LogP contribution is 2.30. The van der Waals surface area contributed by atoms with E-state index in [2.05, 4.69) is 21.6 Å². The first kappa shape index (κ1) is 23.3. The van der Waals surface area contributed by atoms with Crippen molar-refractivity contribution in [2.75, 3.05) is 19.0 Å². The Morgan fingerprint density at radius 2 is 2.06 bits per heavy atom. The summed E-state index contributed by atoms with van der Waals surface area (Å²) in [6.45, 7) is 0.592. The van der Waals surface area contributed by atoms with Crippen LogP contribution in [0.15, 0.2) is 42.5 Å². The number of halogens is 1. The molecule has 8 nitrogen and oxygen atoms in total. The van der Waals surface area contributed by atoms with Crippen LogP contribution < -0.4 is 14.8 Å². The Morgan fingerprint density at radius 1 is 1.21 bits per heavy atom. The molecule has 1 aromatic heterocycles. The van der Waals surface area contributed by atoms with Crippen LogP contribution in [0.1, 0.15) is 36.5 Å². The lowest BCUT2D eigenvalue weighted by atomic mass is 10.1. The monoisotopic (exact) mass is 477 g/mol. The Bertz CT molecular complexity index is 1260. The topological polar surface area (TPSA) is 102 Å². The second kappa shape index (κ2) is 10.9. The van der Waals surface area contributed by atoms with Crippen LogP contribution >= 0.6 is 11.6 Å². The van der Waals surface area contributed by atoms with Crippen LogP contribution in [0.5, 0.6) is 11.5 Å². The van der Waals surface area contributed by atoms with Crippen LogP contribution in [0.4, 0.5) is 5.69 Å². The number of anilines is 1. The van der Waals surface area contributed by atoms with Crippen molar-refractivity contribution in [1.29, 1.82) is 5.26 Å². The van der Waals surface area contributed by atoms with E-state index in [1.807, 2.05) is 4.57 Å². The maximum absolute atomic E-state index is 12.3. The Labute approximate surface area is 202 Å². The molecule has 3 aromatic rings. The van der Waals surface area contributed by atoms with E-state index in [1.54, 1.807) is 48.5 Å². The van der Waals surface area contributed by atoms with Crippen molar-refractivity contribution in [2.24, 2.45) is 0 Å². The zero-order valence-electron chi connectivity index (χ0n) is 18.8. The van der Waals surface area contributed by atoms with Crippen molar-refractivity contribution >= 4 is 34.8 Å². The molecule has 0 spiro atoms. The van der Waals surface area contributed by atoms with Gasteiger partial charge in [-0.15, -0.1) is 10.2 Å². The van der Waals surface area contributed by atoms with Gasteiger partial charge in [-0.2, -0.15) is 5.26 Å². The second-order valence-corrected chi connectivity index (χ2v) is 8.21. The number of nitriles is 1. The number of nitrogens with one attached hydrogen (secondary N) is 1. The zero-order valence-corrected chi connectivity index (χ0v) is 19.5. The lowest BCUT2D eigenvalue weighted by molar-refractivity contribution is -0.118. The van der Waals surface area contributed by atoms with Gasteiger partial charge >= 0.3 is 0 Å². The van der Waals surface area contributed by atoms with E-state index in [1.165, 1.54) is 7.11 Å². The molecule has 0 unspecified atom stereocenters. The van der Waals surface area contributed by atoms with Crippen molar-refractivity contribution in [3.63, 3.8) is 0 Å². The zero-order chi connectivity index (χ0) is 23.9. The van der Waals surface area contributed by atoms with E-state index in [-0.39, 0.29) is 12.5 Å². The summed E-state index contributed by atoms with van der Waals surface area (Å²) in [5, 5.41) is 21.5. The maximum atomic E-state index is 12.3. The smallest absolute Gasteiger partial charge is 0.262 e. The lowest BCUT2D eigenvalue weighted by Crippen LogP contribution is -2.20. The van der Waals surface area contributed by atoms with Crippen molar-refractivity contribution < 1.29 is 14.3 Å². The molecule has 1 aliphatic rings. The number of methoxy groups -OCH3 is 1. The number of hydrogen-bond acceptors (Lipinski definition) is 6. The molecule has 0 atom stereocenters. The number of amides is 1. The summed E-state index contributed by atoms with van der Waals surface area (Å²) in [5.74, 6) is 2.00. The number of para-hydroxylation sites is 1. The number of hydrogen-bond donors (Lipinski definition) is 1. The molecular formula is C25H24ClN5O3. The number of carbonyl (C=O) groups is 1. The summed E-state index contributed by atoms with van der Waals surface area (Å²) in [6.07, 6.45) is 5.89. The minimum atomic E-state index is -0.349. The average molecular weight is 478 g/mol. The van der Waals surface area contributed by atoms with Crippen molar-refractivity contribution in [2.45, 2.75) is 32.2 Å². The van der Waals surface area contributed by atoms with Gasteiger partial charge in [-0.3, -0.25) is 4.79 Å². The number of ether oxygens (including phenoxy) is 2. The van der Waals surface area contributed by atoms with Gasteiger partial charge in [0.25, 0.3) is 5.91 Å². The fourth-order valence-corrected chi connectivity index (χ4v) is 3.97. The van der Waals surface area contributed by atoms with E-state index in [0.29, 0.717) is 33.6 Å². The Hall–Kier alpha value is -3.83. The molecule has 9 heteroatoms. The second-order valence-electron chi connectivity index (χ2n) is 7.80. The molecule has 0 saturated heterocycles. The Morgan fingerprint density at radius 3 is 2.85 bits per heavy atom. The maximum Gasteiger partial charge on any atom is 0.262 e. The average Bonchev–Trinajstić information content (AvgIpc) is 3.10. The number of benzene rings is 2. The SMILES string of the molecule is COc1cc(/C=C(\C#N)c2nnc3n2CCCCC3)ccc1OCC(=O)Nc1ccccc1Cl. The van der Waals surface area contributed by atoms with Crippen LogP contribution in [-0.2, 0) is 17.8 Å². The van der Waals surface area contributed by atoms with Crippen LogP contribution in [-0.4, -0.2) is 34.4 Å². The molecule has 34 heavy (non-hydrogen) atoms. The molecule has 1 N–H and O–H groups in total. The van der Waals surface area contributed by atoms with E-state index in [9.17, 15) is 10.1 Å². The Balaban J connectivity index is 1.49. The molecule has 0 radical (unpaired) electrons. The first-order valence-corrected chi connectivity index (χ1v) is 11.4. The van der Waals surface area contributed by atoms with E-state index < -0.39 is 0 Å². The number of aryl methyl sites for hydroxylation is 1. The third-order valence-electron chi connectivity index (χ3n) is 5.48. The van der Waals surface area contributed by atoms with Crippen LogP contribution in [0, 0.1) is 11.3 Å². The fourth-order valence-electron chi connectivity index (χ4n) is 3.78. The lowest BCUT2D eigenvalue weighted by Gasteiger charge is -2.12. The van der Waals surface area contributed by atoms with Crippen LogP contribution in [0.3, 0.4) is 0 Å². The predicted molar refractivity (Wildman–Crippen MR) is 130 cm³/mol. The number of rotatable bonds is 7. The molecule has 2 aromatic carbocycles. The molecule has 4 rings (SSSR count). The highest BCUT2D eigenvalue weighted by atomic mass is 35.5. The van der Waals surface area contributed by atoms with Gasteiger partial charge in [-0.05, 0) is 48.7 Å². The van der Waals surface area contributed by atoms with Gasteiger partial charge in [0.1, 0.15) is 11.9 Å². The normalized spacial score (nSPS) is 13.4. The summed E-state index contributed by atoms with van der Waals surface area (Å²) in [6, 6.07) is 14.5. The number of fused-ring (bicyclic) bond motifs is 1. The molecule has 1 amide bonds. The van der Waals surface area contributed by atoms with Crippen LogP contribution in [0.25, 0.3) is 11.6 Å².